The number of aromatic nitrogens is 1. The fourth-order valence-electron chi connectivity index (χ4n) is 2.31. The fourth-order valence-corrected chi connectivity index (χ4v) is 3.12. The van der Waals surface area contributed by atoms with Crippen molar-refractivity contribution in [1.82, 2.24) is 4.98 Å². The summed E-state index contributed by atoms with van der Waals surface area (Å²) in [5.74, 6) is 1.62. The first-order valence-corrected chi connectivity index (χ1v) is 8.05. The minimum atomic E-state index is 0.549. The number of anilines is 1. The number of nitrogens with zero attached hydrogens (tertiary/aromatic N) is 2. The van der Waals surface area contributed by atoms with E-state index in [2.05, 4.69) is 33.9 Å². The van der Waals surface area contributed by atoms with Crippen LogP contribution in [0.1, 0.15) is 29.7 Å². The molecule has 0 N–H and O–H groups in total. The van der Waals surface area contributed by atoms with Gasteiger partial charge in [0.2, 0.25) is 0 Å². The molecule has 1 aliphatic rings. The lowest BCUT2D eigenvalue weighted by Crippen LogP contribution is -2.26. The summed E-state index contributed by atoms with van der Waals surface area (Å²) in [6, 6.07) is 7.03. The molecule has 4 heteroatoms. The van der Waals surface area contributed by atoms with Gasteiger partial charge >= 0.3 is 0 Å². The Hall–Kier alpha value is -1.06. The van der Waals surface area contributed by atoms with Crippen molar-refractivity contribution in [3.8, 4) is 0 Å². The van der Waals surface area contributed by atoms with Gasteiger partial charge in [0.1, 0.15) is 5.82 Å². The SMILES string of the molecule is Cc1cc(CCl)cc(N(Cc2ccsc2)C2CC2)n1. The molecular weight excluding hydrogens is 276 g/mol. The highest BCUT2D eigenvalue weighted by atomic mass is 35.5. The van der Waals surface area contributed by atoms with Crippen molar-refractivity contribution < 1.29 is 0 Å². The number of thiophene rings is 1. The van der Waals surface area contributed by atoms with Crippen molar-refractivity contribution in [2.45, 2.75) is 38.2 Å². The molecular formula is C15H17ClN2S. The molecule has 0 spiro atoms. The van der Waals surface area contributed by atoms with Gasteiger partial charge in [0.05, 0.1) is 0 Å². The molecule has 0 amide bonds. The quantitative estimate of drug-likeness (QED) is 0.761. The zero-order valence-electron chi connectivity index (χ0n) is 11.0. The zero-order valence-corrected chi connectivity index (χ0v) is 12.5. The Labute approximate surface area is 123 Å². The van der Waals surface area contributed by atoms with E-state index in [1.54, 1.807) is 11.3 Å². The molecule has 3 rings (SSSR count). The maximum atomic E-state index is 5.97. The van der Waals surface area contributed by atoms with Crippen LogP contribution in [-0.2, 0) is 12.4 Å². The average molecular weight is 293 g/mol. The van der Waals surface area contributed by atoms with E-state index in [-0.39, 0.29) is 0 Å². The summed E-state index contributed by atoms with van der Waals surface area (Å²) in [6.07, 6.45) is 2.55. The van der Waals surface area contributed by atoms with Gasteiger partial charge in [0.25, 0.3) is 0 Å². The molecule has 0 aliphatic heterocycles. The van der Waals surface area contributed by atoms with E-state index in [1.807, 2.05) is 6.92 Å². The monoisotopic (exact) mass is 292 g/mol. The zero-order chi connectivity index (χ0) is 13.2. The second kappa shape index (κ2) is 5.51. The number of halogens is 1. The Bertz CT molecular complexity index is 549. The average Bonchev–Trinajstić information content (AvgIpc) is 3.12. The number of aryl methyl sites for hydroxylation is 1. The molecule has 2 nitrogen and oxygen atoms in total. The van der Waals surface area contributed by atoms with E-state index in [0.717, 1.165) is 23.6 Å². The van der Waals surface area contributed by atoms with Gasteiger partial charge in [-0.05, 0) is 59.9 Å². The largest absolute Gasteiger partial charge is 0.349 e. The first kappa shape index (κ1) is 12.9. The Morgan fingerprint density at radius 2 is 2.21 bits per heavy atom. The molecule has 2 heterocycles. The Kier molecular flexibility index (Phi) is 3.76. The second-order valence-corrected chi connectivity index (χ2v) is 6.15. The van der Waals surface area contributed by atoms with E-state index < -0.39 is 0 Å². The smallest absolute Gasteiger partial charge is 0.129 e. The van der Waals surface area contributed by atoms with Crippen molar-refractivity contribution in [3.63, 3.8) is 0 Å². The van der Waals surface area contributed by atoms with Gasteiger partial charge in [-0.1, -0.05) is 0 Å². The predicted molar refractivity (Wildman–Crippen MR) is 82.1 cm³/mol. The summed E-state index contributed by atoms with van der Waals surface area (Å²) in [6.45, 7) is 2.99. The van der Waals surface area contributed by atoms with Crippen LogP contribution in [0.5, 0.6) is 0 Å². The molecule has 2 aromatic heterocycles. The van der Waals surface area contributed by atoms with E-state index in [1.165, 1.54) is 18.4 Å². The van der Waals surface area contributed by atoms with Crippen LogP contribution in [0.3, 0.4) is 0 Å². The molecule has 0 aromatic carbocycles. The highest BCUT2D eigenvalue weighted by molar-refractivity contribution is 7.07. The summed E-state index contributed by atoms with van der Waals surface area (Å²) in [4.78, 5) is 7.12. The van der Waals surface area contributed by atoms with Gasteiger partial charge in [-0.15, -0.1) is 11.6 Å². The van der Waals surface area contributed by atoms with Crippen LogP contribution in [0.2, 0.25) is 0 Å². The molecule has 1 aliphatic carbocycles. The molecule has 1 saturated carbocycles. The standard InChI is InChI=1S/C15H17ClN2S/c1-11-6-13(8-16)7-15(17-11)18(14-2-3-14)9-12-4-5-19-10-12/h4-7,10,14H,2-3,8-9H2,1H3. The maximum absolute atomic E-state index is 5.97. The second-order valence-electron chi connectivity index (χ2n) is 5.10. The van der Waals surface area contributed by atoms with Gasteiger partial charge in [-0.25, -0.2) is 4.98 Å². The molecule has 19 heavy (non-hydrogen) atoms. The Morgan fingerprint density at radius 3 is 2.84 bits per heavy atom. The number of alkyl halides is 1. The maximum Gasteiger partial charge on any atom is 0.129 e. The van der Waals surface area contributed by atoms with Gasteiger partial charge in [0.15, 0.2) is 0 Å². The lowest BCUT2D eigenvalue weighted by atomic mass is 10.2. The van der Waals surface area contributed by atoms with Crippen molar-refractivity contribution in [1.29, 1.82) is 0 Å². The highest BCUT2D eigenvalue weighted by Gasteiger charge is 2.30. The van der Waals surface area contributed by atoms with Crippen LogP contribution in [0, 0.1) is 6.92 Å². The van der Waals surface area contributed by atoms with Crippen LogP contribution in [0.25, 0.3) is 0 Å². The van der Waals surface area contributed by atoms with Crippen molar-refractivity contribution in [3.05, 3.63) is 45.8 Å². The van der Waals surface area contributed by atoms with Crippen molar-refractivity contribution >= 4 is 28.8 Å². The number of pyridine rings is 1. The number of hydrogen-bond acceptors (Lipinski definition) is 3. The molecule has 0 bridgehead atoms. The van der Waals surface area contributed by atoms with Crippen LogP contribution in [0.15, 0.2) is 29.0 Å². The molecule has 1 fully saturated rings. The number of hydrogen-bond donors (Lipinski definition) is 0. The minimum absolute atomic E-state index is 0.549. The third-order valence-electron chi connectivity index (χ3n) is 3.37. The van der Waals surface area contributed by atoms with Gasteiger partial charge < -0.3 is 4.90 Å². The first-order chi connectivity index (χ1) is 9.26. The molecule has 0 saturated heterocycles. The van der Waals surface area contributed by atoms with Crippen LogP contribution >= 0.6 is 22.9 Å². The summed E-state index contributed by atoms with van der Waals surface area (Å²) in [7, 11) is 0. The van der Waals surface area contributed by atoms with Crippen LogP contribution < -0.4 is 4.90 Å². The molecule has 0 radical (unpaired) electrons. The van der Waals surface area contributed by atoms with Crippen LogP contribution in [0.4, 0.5) is 5.82 Å². The van der Waals surface area contributed by atoms with E-state index >= 15 is 0 Å². The summed E-state index contributed by atoms with van der Waals surface area (Å²) in [5.41, 5.74) is 3.57. The fraction of sp³-hybridized carbons (Fsp3) is 0.400. The molecule has 100 valence electrons. The van der Waals surface area contributed by atoms with E-state index in [0.29, 0.717) is 11.9 Å². The first-order valence-electron chi connectivity index (χ1n) is 6.57. The van der Waals surface area contributed by atoms with Gasteiger partial charge in [-0.2, -0.15) is 11.3 Å². The van der Waals surface area contributed by atoms with E-state index in [4.69, 9.17) is 16.6 Å². The van der Waals surface area contributed by atoms with Crippen molar-refractivity contribution in [2.24, 2.45) is 0 Å². The van der Waals surface area contributed by atoms with Gasteiger partial charge in [-0.3, -0.25) is 0 Å². The van der Waals surface area contributed by atoms with E-state index in [9.17, 15) is 0 Å². The lowest BCUT2D eigenvalue weighted by Gasteiger charge is -2.24. The highest BCUT2D eigenvalue weighted by Crippen LogP contribution is 2.33. The van der Waals surface area contributed by atoms with Crippen molar-refractivity contribution in [2.75, 3.05) is 4.90 Å². The Balaban J connectivity index is 1.89. The normalized spacial score (nSPS) is 14.6. The van der Waals surface area contributed by atoms with Gasteiger partial charge in [0, 0.05) is 24.2 Å². The Morgan fingerprint density at radius 1 is 1.37 bits per heavy atom. The molecule has 0 atom stereocenters. The minimum Gasteiger partial charge on any atom is -0.349 e. The van der Waals surface area contributed by atoms with Crippen LogP contribution in [-0.4, -0.2) is 11.0 Å². The molecule has 0 unspecified atom stereocenters. The lowest BCUT2D eigenvalue weighted by molar-refractivity contribution is 0.776. The number of rotatable bonds is 5. The predicted octanol–water partition coefficient (Wildman–Crippen LogP) is 4.36. The summed E-state index contributed by atoms with van der Waals surface area (Å²) >= 11 is 7.72. The third-order valence-corrected chi connectivity index (χ3v) is 4.41. The topological polar surface area (TPSA) is 16.1 Å². The molecule has 2 aromatic rings. The summed E-state index contributed by atoms with van der Waals surface area (Å²) in [5, 5.41) is 4.35. The third kappa shape index (κ3) is 3.10. The summed E-state index contributed by atoms with van der Waals surface area (Å²) < 4.78 is 0.